The zero-order valence-corrected chi connectivity index (χ0v) is 9.89. The van der Waals surface area contributed by atoms with Gasteiger partial charge >= 0.3 is 0 Å². The number of rotatable bonds is 3. The summed E-state index contributed by atoms with van der Waals surface area (Å²) in [5.41, 5.74) is 1.80. The van der Waals surface area contributed by atoms with Crippen molar-refractivity contribution in [1.29, 1.82) is 5.41 Å². The summed E-state index contributed by atoms with van der Waals surface area (Å²) in [6, 6.07) is 17.2. The Morgan fingerprint density at radius 1 is 1.00 bits per heavy atom. The predicted octanol–water partition coefficient (Wildman–Crippen LogP) is 3.11. The number of hydrogen-bond donors (Lipinski definition) is 1. The van der Waals surface area contributed by atoms with Crippen LogP contribution in [0.1, 0.15) is 11.1 Å². The van der Waals surface area contributed by atoms with Crippen LogP contribution in [-0.4, -0.2) is 12.8 Å². The summed E-state index contributed by atoms with van der Waals surface area (Å²) in [5.74, 6) is 6.80. The van der Waals surface area contributed by atoms with Crippen molar-refractivity contribution in [2.24, 2.45) is 0 Å². The minimum atomic E-state index is 0.371. The van der Waals surface area contributed by atoms with Crippen molar-refractivity contribution in [3.05, 3.63) is 65.7 Å². The highest BCUT2D eigenvalue weighted by atomic mass is 16.5. The Bertz CT molecular complexity index is 562. The average molecular weight is 235 g/mol. The minimum absolute atomic E-state index is 0.371. The maximum Gasteiger partial charge on any atom is 0.149 e. The zero-order chi connectivity index (χ0) is 12.6. The smallest absolute Gasteiger partial charge is 0.149 e. The molecule has 0 amide bonds. The first-order valence-corrected chi connectivity index (χ1v) is 5.66. The fourth-order valence-corrected chi connectivity index (χ4v) is 1.44. The molecule has 0 fully saturated rings. The third kappa shape index (κ3) is 3.50. The van der Waals surface area contributed by atoms with E-state index >= 15 is 0 Å². The molecule has 2 heteroatoms. The highest BCUT2D eigenvalue weighted by Crippen LogP contribution is 2.07. The van der Waals surface area contributed by atoms with E-state index in [0.29, 0.717) is 6.61 Å². The van der Waals surface area contributed by atoms with E-state index in [1.807, 2.05) is 54.6 Å². The van der Waals surface area contributed by atoms with Gasteiger partial charge in [-0.1, -0.05) is 42.2 Å². The molecule has 0 bridgehead atoms. The maximum absolute atomic E-state index is 7.10. The second-order valence-electron chi connectivity index (χ2n) is 3.67. The maximum atomic E-state index is 7.10. The molecule has 0 atom stereocenters. The van der Waals surface area contributed by atoms with Gasteiger partial charge in [0.05, 0.1) is 0 Å². The fourth-order valence-electron chi connectivity index (χ4n) is 1.44. The molecule has 0 saturated heterocycles. The van der Waals surface area contributed by atoms with Crippen molar-refractivity contribution in [2.45, 2.75) is 0 Å². The molecule has 2 nitrogen and oxygen atoms in total. The number of para-hydroxylation sites is 1. The van der Waals surface area contributed by atoms with E-state index in [2.05, 4.69) is 11.8 Å². The largest absolute Gasteiger partial charge is 0.481 e. The van der Waals surface area contributed by atoms with Crippen LogP contribution in [-0.2, 0) is 0 Å². The molecule has 18 heavy (non-hydrogen) atoms. The van der Waals surface area contributed by atoms with Crippen molar-refractivity contribution >= 4 is 6.21 Å². The Morgan fingerprint density at radius 2 is 1.72 bits per heavy atom. The van der Waals surface area contributed by atoms with Crippen LogP contribution in [0, 0.1) is 17.3 Å². The third-order valence-corrected chi connectivity index (χ3v) is 2.36. The molecule has 2 aromatic rings. The van der Waals surface area contributed by atoms with Crippen LogP contribution >= 0.6 is 0 Å². The van der Waals surface area contributed by atoms with Crippen LogP contribution in [0.4, 0.5) is 0 Å². The monoisotopic (exact) mass is 235 g/mol. The van der Waals surface area contributed by atoms with Gasteiger partial charge in [-0.25, -0.2) is 0 Å². The van der Waals surface area contributed by atoms with Crippen LogP contribution in [0.25, 0.3) is 0 Å². The summed E-state index contributed by atoms with van der Waals surface area (Å²) < 4.78 is 5.46. The first kappa shape index (κ1) is 11.9. The lowest BCUT2D eigenvalue weighted by atomic mass is 10.1. The van der Waals surface area contributed by atoms with Gasteiger partial charge in [-0.15, -0.1) is 0 Å². The number of ether oxygens (including phenoxy) is 1. The molecular formula is C16H13NO. The summed E-state index contributed by atoms with van der Waals surface area (Å²) in [6.07, 6.45) is 1.32. The molecule has 2 rings (SSSR count). The SMILES string of the molecule is N=Cc1ccc(C#CCOc2ccccc2)cc1. The van der Waals surface area contributed by atoms with E-state index < -0.39 is 0 Å². The van der Waals surface area contributed by atoms with Crippen molar-refractivity contribution in [1.82, 2.24) is 0 Å². The topological polar surface area (TPSA) is 33.1 Å². The predicted molar refractivity (Wildman–Crippen MR) is 73.1 cm³/mol. The molecule has 1 N–H and O–H groups in total. The molecule has 0 heterocycles. The summed E-state index contributed by atoms with van der Waals surface area (Å²) >= 11 is 0. The van der Waals surface area contributed by atoms with Crippen molar-refractivity contribution in [3.63, 3.8) is 0 Å². The molecule has 0 aliphatic heterocycles. The van der Waals surface area contributed by atoms with E-state index in [4.69, 9.17) is 10.1 Å². The number of nitrogens with one attached hydrogen (secondary N) is 1. The standard InChI is InChI=1S/C16H13NO/c17-13-15-10-8-14(9-11-15)5-4-12-18-16-6-2-1-3-7-16/h1-3,6-11,13,17H,12H2. The fraction of sp³-hybridized carbons (Fsp3) is 0.0625. The Hall–Kier alpha value is -2.53. The van der Waals surface area contributed by atoms with Gasteiger partial charge in [-0.05, 0) is 29.8 Å². The molecule has 0 aromatic heterocycles. The summed E-state index contributed by atoms with van der Waals surface area (Å²) in [5, 5.41) is 7.10. The van der Waals surface area contributed by atoms with E-state index in [-0.39, 0.29) is 0 Å². The lowest BCUT2D eigenvalue weighted by Gasteiger charge is -1.99. The van der Waals surface area contributed by atoms with Crippen molar-refractivity contribution in [3.8, 4) is 17.6 Å². The molecule has 0 spiro atoms. The second kappa shape index (κ2) is 6.27. The van der Waals surface area contributed by atoms with E-state index in [1.54, 1.807) is 0 Å². The molecule has 2 aromatic carbocycles. The number of benzene rings is 2. The quantitative estimate of drug-likeness (QED) is 0.643. The first-order valence-electron chi connectivity index (χ1n) is 5.66. The van der Waals surface area contributed by atoms with Gasteiger partial charge in [0, 0.05) is 11.8 Å². The number of hydrogen-bond acceptors (Lipinski definition) is 2. The highest BCUT2D eigenvalue weighted by molar-refractivity contribution is 5.77. The molecule has 88 valence electrons. The van der Waals surface area contributed by atoms with Crippen LogP contribution in [0.3, 0.4) is 0 Å². The van der Waals surface area contributed by atoms with Gasteiger partial charge in [0.25, 0.3) is 0 Å². The molecule has 0 saturated carbocycles. The average Bonchev–Trinajstić information content (AvgIpc) is 2.45. The summed E-state index contributed by atoms with van der Waals surface area (Å²) in [6.45, 7) is 0.371. The van der Waals surface area contributed by atoms with Gasteiger partial charge in [0.1, 0.15) is 12.4 Å². The van der Waals surface area contributed by atoms with Crippen molar-refractivity contribution < 1.29 is 4.74 Å². The van der Waals surface area contributed by atoms with E-state index in [0.717, 1.165) is 16.9 Å². The molecule has 0 radical (unpaired) electrons. The molecular weight excluding hydrogens is 222 g/mol. The lowest BCUT2D eigenvalue weighted by molar-refractivity contribution is 0.370. The van der Waals surface area contributed by atoms with Crippen LogP contribution < -0.4 is 4.74 Å². The summed E-state index contributed by atoms with van der Waals surface area (Å²) in [7, 11) is 0. The minimum Gasteiger partial charge on any atom is -0.481 e. The van der Waals surface area contributed by atoms with E-state index in [1.165, 1.54) is 6.21 Å². The highest BCUT2D eigenvalue weighted by Gasteiger charge is 1.89. The normalized spacial score (nSPS) is 9.11. The van der Waals surface area contributed by atoms with Gasteiger partial charge in [0.15, 0.2) is 0 Å². The Morgan fingerprint density at radius 3 is 2.39 bits per heavy atom. The molecule has 0 aliphatic rings. The molecule has 0 unspecified atom stereocenters. The van der Waals surface area contributed by atoms with Crippen molar-refractivity contribution in [2.75, 3.05) is 6.61 Å². The Labute approximate surface area is 107 Å². The van der Waals surface area contributed by atoms with Crippen LogP contribution in [0.2, 0.25) is 0 Å². The van der Waals surface area contributed by atoms with Crippen LogP contribution in [0.5, 0.6) is 5.75 Å². The van der Waals surface area contributed by atoms with Crippen LogP contribution in [0.15, 0.2) is 54.6 Å². The van der Waals surface area contributed by atoms with Gasteiger partial charge in [-0.3, -0.25) is 0 Å². The lowest BCUT2D eigenvalue weighted by Crippen LogP contribution is -1.93. The van der Waals surface area contributed by atoms with Gasteiger partial charge < -0.3 is 10.1 Å². The Kier molecular flexibility index (Phi) is 4.16. The summed E-state index contributed by atoms with van der Waals surface area (Å²) in [4.78, 5) is 0. The van der Waals surface area contributed by atoms with Gasteiger partial charge in [0.2, 0.25) is 0 Å². The first-order chi connectivity index (χ1) is 8.88. The Balaban J connectivity index is 1.90. The molecule has 0 aliphatic carbocycles. The third-order valence-electron chi connectivity index (χ3n) is 2.36. The zero-order valence-electron chi connectivity index (χ0n) is 9.89. The van der Waals surface area contributed by atoms with Gasteiger partial charge in [-0.2, -0.15) is 0 Å². The second-order valence-corrected chi connectivity index (χ2v) is 3.67. The van der Waals surface area contributed by atoms with E-state index in [9.17, 15) is 0 Å².